The van der Waals surface area contributed by atoms with Crippen molar-refractivity contribution in [1.82, 2.24) is 9.46 Å². The van der Waals surface area contributed by atoms with Crippen LogP contribution in [0.15, 0.2) is 24.3 Å². The fourth-order valence-electron chi connectivity index (χ4n) is 1.68. The molecule has 2 rings (SSSR count). The zero-order valence-corrected chi connectivity index (χ0v) is 13.3. The van der Waals surface area contributed by atoms with Crippen molar-refractivity contribution in [2.45, 2.75) is 0 Å². The Labute approximate surface area is 145 Å². The first kappa shape index (κ1) is 19.0. The Bertz CT molecular complexity index is 663. The summed E-state index contributed by atoms with van der Waals surface area (Å²) in [6.07, 6.45) is 0. The van der Waals surface area contributed by atoms with E-state index in [9.17, 15) is 30.0 Å². The Morgan fingerprint density at radius 1 is 0.692 bits per heavy atom. The maximum absolute atomic E-state index is 11.4. The molecule has 0 bridgehead atoms. The zero-order chi connectivity index (χ0) is 19.1. The number of hydrogen-bond donors (Lipinski definition) is 4. The first-order chi connectivity index (χ1) is 12.4. The van der Waals surface area contributed by atoms with Gasteiger partial charge in [0.25, 0.3) is 0 Å². The van der Waals surface area contributed by atoms with Gasteiger partial charge in [-0.25, -0.2) is 9.59 Å². The van der Waals surface area contributed by atoms with Crippen molar-refractivity contribution in [1.29, 1.82) is 0 Å². The molecule has 0 radical (unpaired) electrons. The highest BCUT2D eigenvalue weighted by Gasteiger charge is 2.13. The summed E-state index contributed by atoms with van der Waals surface area (Å²) in [5.74, 6) is -3.61. The van der Waals surface area contributed by atoms with Gasteiger partial charge in [0.15, 0.2) is 0 Å². The molecule has 12 nitrogen and oxygen atoms in total. The molecule has 0 amide bonds. The van der Waals surface area contributed by atoms with Crippen LogP contribution in [0.5, 0.6) is 23.5 Å². The average molecular weight is 372 g/mol. The Kier molecular flexibility index (Phi) is 6.30. The molecule has 0 atom stereocenters. The third-order valence-electron chi connectivity index (χ3n) is 2.79. The van der Waals surface area contributed by atoms with Gasteiger partial charge in [-0.05, 0) is 0 Å². The minimum atomic E-state index is -0.884. The summed E-state index contributed by atoms with van der Waals surface area (Å²) in [7, 11) is 0. The number of aromatic nitrogens is 2. The number of carbonyl (C=O) groups is 2. The molecular formula is C14H16N2O10. The number of ether oxygens (including phenoxy) is 2. The lowest BCUT2D eigenvalue weighted by Crippen LogP contribution is -2.26. The summed E-state index contributed by atoms with van der Waals surface area (Å²) in [5, 5.41) is 37.2. The van der Waals surface area contributed by atoms with E-state index in [2.05, 4.69) is 9.68 Å². The van der Waals surface area contributed by atoms with Crippen molar-refractivity contribution in [3.63, 3.8) is 0 Å². The van der Waals surface area contributed by atoms with Crippen molar-refractivity contribution in [3.05, 3.63) is 24.3 Å². The van der Waals surface area contributed by atoms with Crippen molar-refractivity contribution in [2.75, 3.05) is 26.4 Å². The van der Waals surface area contributed by atoms with Gasteiger partial charge in [0.2, 0.25) is 23.5 Å². The first-order valence-electron chi connectivity index (χ1n) is 7.15. The van der Waals surface area contributed by atoms with Crippen molar-refractivity contribution >= 4 is 11.9 Å². The molecule has 2 heterocycles. The van der Waals surface area contributed by atoms with E-state index in [1.54, 1.807) is 0 Å². The van der Waals surface area contributed by atoms with E-state index >= 15 is 0 Å². The van der Waals surface area contributed by atoms with Gasteiger partial charge >= 0.3 is 11.9 Å². The molecule has 0 saturated carbocycles. The van der Waals surface area contributed by atoms with Crippen molar-refractivity contribution in [3.8, 4) is 23.5 Å². The van der Waals surface area contributed by atoms with Crippen LogP contribution in [0.2, 0.25) is 0 Å². The van der Waals surface area contributed by atoms with Crippen molar-refractivity contribution in [2.24, 2.45) is 0 Å². The maximum Gasteiger partial charge on any atom is 0.358 e. The highest BCUT2D eigenvalue weighted by molar-refractivity contribution is 5.71. The Morgan fingerprint density at radius 3 is 1.31 bits per heavy atom. The standard InChI is InChI=1S/C14H16N2O10/c17-9-1-2-10(18)15(9)25-13(21)7-23-5-6-24-8-14(22)26-16-11(19)3-4-12(16)20/h1-4,17-20H,5-8H2. The van der Waals surface area contributed by atoms with E-state index in [-0.39, 0.29) is 13.2 Å². The van der Waals surface area contributed by atoms with Crippen LogP contribution in [-0.4, -0.2) is 68.3 Å². The first-order valence-corrected chi connectivity index (χ1v) is 7.15. The van der Waals surface area contributed by atoms with E-state index in [0.717, 1.165) is 24.3 Å². The SMILES string of the molecule is O=C(COCCOCC(=O)On1c(O)ccc1O)On1c(O)ccc1O. The summed E-state index contributed by atoms with van der Waals surface area (Å²) >= 11 is 0. The second-order valence-corrected chi connectivity index (χ2v) is 4.72. The third-order valence-corrected chi connectivity index (χ3v) is 2.79. The quantitative estimate of drug-likeness (QED) is 0.392. The minimum absolute atomic E-state index is 0.0634. The van der Waals surface area contributed by atoms with E-state index < -0.39 is 48.7 Å². The highest BCUT2D eigenvalue weighted by atomic mass is 16.7. The van der Waals surface area contributed by atoms with Crippen LogP contribution >= 0.6 is 0 Å². The van der Waals surface area contributed by atoms with E-state index in [1.165, 1.54) is 0 Å². The number of carbonyl (C=O) groups excluding carboxylic acids is 2. The van der Waals surface area contributed by atoms with E-state index in [1.807, 2.05) is 0 Å². The highest BCUT2D eigenvalue weighted by Crippen LogP contribution is 2.19. The second-order valence-electron chi connectivity index (χ2n) is 4.72. The Hall–Kier alpha value is -3.38. The fraction of sp³-hybridized carbons (Fsp3) is 0.286. The monoisotopic (exact) mass is 372 g/mol. The van der Waals surface area contributed by atoms with Gasteiger partial charge in [-0.1, -0.05) is 0 Å². The number of rotatable bonds is 9. The molecule has 0 aromatic carbocycles. The molecule has 12 heteroatoms. The lowest BCUT2D eigenvalue weighted by molar-refractivity contribution is -0.154. The lowest BCUT2D eigenvalue weighted by atomic mass is 10.6. The van der Waals surface area contributed by atoms with Crippen LogP contribution in [0.4, 0.5) is 0 Å². The van der Waals surface area contributed by atoms with Crippen LogP contribution in [0.3, 0.4) is 0 Å². The summed E-state index contributed by atoms with van der Waals surface area (Å²) in [6, 6.07) is 4.51. The average Bonchev–Trinajstić information content (AvgIpc) is 3.08. The molecule has 2 aromatic heterocycles. The molecule has 0 saturated heterocycles. The van der Waals surface area contributed by atoms with Crippen molar-refractivity contribution < 1.29 is 49.2 Å². The topological polar surface area (TPSA) is 162 Å². The molecule has 0 aliphatic carbocycles. The van der Waals surface area contributed by atoms with Gasteiger partial charge in [-0.2, -0.15) is 0 Å². The third kappa shape index (κ3) is 5.06. The lowest BCUT2D eigenvalue weighted by Gasteiger charge is -2.08. The number of aromatic hydroxyl groups is 4. The fourth-order valence-corrected chi connectivity index (χ4v) is 1.68. The molecule has 2 aromatic rings. The molecular weight excluding hydrogens is 356 g/mol. The molecule has 26 heavy (non-hydrogen) atoms. The van der Waals surface area contributed by atoms with Gasteiger partial charge < -0.3 is 39.6 Å². The molecule has 0 aliphatic heterocycles. The smallest absolute Gasteiger partial charge is 0.358 e. The van der Waals surface area contributed by atoms with Gasteiger partial charge in [-0.3, -0.25) is 0 Å². The molecule has 4 N–H and O–H groups in total. The van der Waals surface area contributed by atoms with Gasteiger partial charge in [-0.15, -0.1) is 9.46 Å². The van der Waals surface area contributed by atoms with Gasteiger partial charge in [0, 0.05) is 24.3 Å². The summed E-state index contributed by atoms with van der Waals surface area (Å²) < 4.78 is 10.9. The summed E-state index contributed by atoms with van der Waals surface area (Å²) in [4.78, 5) is 32.1. The predicted molar refractivity (Wildman–Crippen MR) is 80.3 cm³/mol. The normalized spacial score (nSPS) is 10.6. The van der Waals surface area contributed by atoms with Gasteiger partial charge in [0.05, 0.1) is 13.2 Å². The minimum Gasteiger partial charge on any atom is -0.492 e. The molecule has 0 fully saturated rings. The maximum atomic E-state index is 11.4. The number of hydrogen-bond acceptors (Lipinski definition) is 10. The predicted octanol–water partition coefficient (Wildman–Crippen LogP) is -1.24. The van der Waals surface area contributed by atoms with Crippen LogP contribution in [0, 0.1) is 0 Å². The number of nitrogens with zero attached hydrogens (tertiary/aromatic N) is 2. The Morgan fingerprint density at radius 2 is 1.00 bits per heavy atom. The largest absolute Gasteiger partial charge is 0.492 e. The second kappa shape index (κ2) is 8.64. The van der Waals surface area contributed by atoms with E-state index in [0.29, 0.717) is 9.46 Å². The molecule has 0 spiro atoms. The Balaban J connectivity index is 1.58. The van der Waals surface area contributed by atoms with Crippen LogP contribution in [0.25, 0.3) is 0 Å². The van der Waals surface area contributed by atoms with Crippen LogP contribution < -0.4 is 9.68 Å². The van der Waals surface area contributed by atoms with Crippen LogP contribution in [-0.2, 0) is 19.1 Å². The molecule has 0 aliphatic rings. The molecule has 142 valence electrons. The summed E-state index contributed by atoms with van der Waals surface area (Å²) in [6.45, 7) is -1.11. The zero-order valence-electron chi connectivity index (χ0n) is 13.3. The van der Waals surface area contributed by atoms with Crippen LogP contribution in [0.1, 0.15) is 0 Å². The van der Waals surface area contributed by atoms with E-state index in [4.69, 9.17) is 9.47 Å². The molecule has 0 unspecified atom stereocenters. The summed E-state index contributed by atoms with van der Waals surface area (Å²) in [5.41, 5.74) is 0. The van der Waals surface area contributed by atoms with Gasteiger partial charge in [0.1, 0.15) is 13.2 Å².